The number of amides is 2. The molecule has 0 aromatic heterocycles. The first kappa shape index (κ1) is 28.8. The highest BCUT2D eigenvalue weighted by Crippen LogP contribution is 2.51. The number of para-hydroxylation sites is 1. The van der Waals surface area contributed by atoms with Gasteiger partial charge in [-0.25, -0.2) is 0 Å². The Balaban J connectivity index is 1.29. The number of imide groups is 1. The summed E-state index contributed by atoms with van der Waals surface area (Å²) in [4.78, 5) is 29.4. The summed E-state index contributed by atoms with van der Waals surface area (Å²) in [5.74, 6) is -0.234. The van der Waals surface area contributed by atoms with E-state index < -0.39 is 19.0 Å². The first-order valence-electron chi connectivity index (χ1n) is 15.5. The molecular weight excluding hydrogens is 529 g/mol. The normalized spacial score (nSPS) is 26.9. The summed E-state index contributed by atoms with van der Waals surface area (Å²) in [5.41, 5.74) is 4.21. The van der Waals surface area contributed by atoms with E-state index in [0.29, 0.717) is 25.8 Å². The zero-order valence-electron chi connectivity index (χ0n) is 24.3. The predicted octanol–water partition coefficient (Wildman–Crippen LogP) is 5.78. The molecule has 2 saturated heterocycles. The molecule has 3 fully saturated rings. The number of carbonyl (C=O) groups excluding carboxylic acids is 2. The largest absolute Gasteiger partial charge is 0.508 e. The Bertz CT molecular complexity index is 1350. The fourth-order valence-corrected chi connectivity index (χ4v) is 7.59. The van der Waals surface area contributed by atoms with Gasteiger partial charge in [-0.15, -0.1) is 0 Å². The number of fused-ring (bicyclic) bond motifs is 3. The molecule has 1 saturated carbocycles. The highest BCUT2D eigenvalue weighted by Gasteiger charge is 2.58. The molecule has 0 radical (unpaired) electrons. The van der Waals surface area contributed by atoms with Crippen LogP contribution >= 0.6 is 0 Å². The lowest BCUT2D eigenvalue weighted by atomic mass is 9.58. The maximum atomic E-state index is 14.0. The van der Waals surface area contributed by atoms with E-state index in [0.717, 1.165) is 66.6 Å². The maximum Gasteiger partial charge on any atom is 0.455 e. The summed E-state index contributed by atoms with van der Waals surface area (Å²) >= 11 is 0. The Morgan fingerprint density at radius 2 is 1.76 bits per heavy atom. The molecule has 2 aliphatic heterocycles. The van der Waals surface area contributed by atoms with Gasteiger partial charge in [-0.2, -0.15) is 0 Å². The third-order valence-electron chi connectivity index (χ3n) is 9.55. The van der Waals surface area contributed by atoms with E-state index >= 15 is 0 Å². The summed E-state index contributed by atoms with van der Waals surface area (Å²) in [6.07, 6.45) is 8.89. The van der Waals surface area contributed by atoms with Crippen LogP contribution in [0.4, 0.5) is 0 Å². The van der Waals surface area contributed by atoms with E-state index in [-0.39, 0.29) is 35.6 Å². The van der Waals surface area contributed by atoms with E-state index in [4.69, 9.17) is 9.39 Å². The number of likely N-dealkylation sites (tertiary alicyclic amines) is 1. The van der Waals surface area contributed by atoms with Crippen LogP contribution < -0.4 is 4.74 Å². The number of phenols is 1. The quantitative estimate of drug-likeness (QED) is 0.238. The summed E-state index contributed by atoms with van der Waals surface area (Å²) in [6.45, 7) is 2.39. The number of hydrogen-bond acceptors (Lipinski definition) is 6. The zero-order chi connectivity index (χ0) is 29.2. The van der Waals surface area contributed by atoms with Crippen LogP contribution in [-0.2, 0) is 14.2 Å². The van der Waals surface area contributed by atoms with Gasteiger partial charge in [0.25, 0.3) is 0 Å². The van der Waals surface area contributed by atoms with Crippen molar-refractivity contribution in [1.29, 1.82) is 0 Å². The van der Waals surface area contributed by atoms with Gasteiger partial charge in [0.15, 0.2) is 0 Å². The van der Waals surface area contributed by atoms with E-state index in [1.807, 2.05) is 42.5 Å². The lowest BCUT2D eigenvalue weighted by Gasteiger charge is -2.43. The van der Waals surface area contributed by atoms with Gasteiger partial charge in [0.05, 0.1) is 17.9 Å². The molecule has 0 spiro atoms. The fourth-order valence-electron chi connectivity index (χ4n) is 7.59. The molecule has 4 aliphatic rings. The Kier molecular flexibility index (Phi) is 8.54. The molecule has 0 bridgehead atoms. The zero-order valence-corrected chi connectivity index (χ0v) is 24.3. The lowest BCUT2D eigenvalue weighted by Crippen LogP contribution is -2.47. The molecule has 2 heterocycles. The number of allylic oxidation sites excluding steroid dienone is 1. The number of benzene rings is 2. The Hall–Kier alpha value is -3.36. The monoisotopic (exact) mass is 569 g/mol. The molecule has 8 heteroatoms. The molecule has 2 aliphatic carbocycles. The van der Waals surface area contributed by atoms with Gasteiger partial charge in [-0.3, -0.25) is 14.5 Å². The second-order valence-electron chi connectivity index (χ2n) is 12.4. The van der Waals surface area contributed by atoms with Crippen molar-refractivity contribution in [3.8, 4) is 11.5 Å². The predicted molar refractivity (Wildman–Crippen MR) is 161 cm³/mol. The maximum absolute atomic E-state index is 14.0. The fraction of sp³-hybridized carbons (Fsp3) is 0.471. The number of rotatable bonds is 8. The second kappa shape index (κ2) is 12.5. The van der Waals surface area contributed by atoms with Crippen molar-refractivity contribution in [2.24, 2.45) is 17.8 Å². The van der Waals surface area contributed by atoms with Crippen molar-refractivity contribution < 1.29 is 29.1 Å². The number of aromatic hydroxyl groups is 1. The number of carbonyl (C=O) groups is 2. The Morgan fingerprint density at radius 1 is 1.02 bits per heavy atom. The first-order chi connectivity index (χ1) is 20.4. The molecule has 2 N–H and O–H groups in total. The van der Waals surface area contributed by atoms with Gasteiger partial charge in [0.1, 0.15) is 18.1 Å². The molecular formula is C34H40BNO6. The standard InChI is InChI=1S/C34H40BNO6/c1-22(18-23-13-15-26(37)16-14-23)12-17-30-31-24(21-41-27-10-6-3-7-11-27)19-28-32(29(31)20-35(40)42-30)34(39)36(33(28)38)25-8-4-2-5-9-25/h3,6-7,10-11,13-16,18,25,28-30,32,37,40H,2,4-5,8-9,12,17,19-21H2,1H3/b22-18+/t28-,29+,30-,32-/m1/s1. The SMILES string of the molecule is C/C(=C\c1ccc(O)cc1)CC[C@H]1OB(O)C[C@H]2C1=C(COc1ccccc1)C[C@H]1C(=O)N(C3CCCCC3)C(=O)[C@H]12. The van der Waals surface area contributed by atoms with E-state index in [9.17, 15) is 19.7 Å². The van der Waals surface area contributed by atoms with Crippen LogP contribution in [0.5, 0.6) is 11.5 Å². The molecule has 2 aromatic rings. The second-order valence-corrected chi connectivity index (χ2v) is 12.4. The average Bonchev–Trinajstić information content (AvgIpc) is 3.25. The van der Waals surface area contributed by atoms with Crippen LogP contribution in [0.3, 0.4) is 0 Å². The molecule has 2 aromatic carbocycles. The van der Waals surface area contributed by atoms with Gasteiger partial charge in [0, 0.05) is 6.04 Å². The van der Waals surface area contributed by atoms with Crippen LogP contribution in [-0.4, -0.2) is 52.7 Å². The van der Waals surface area contributed by atoms with E-state index in [1.54, 1.807) is 17.0 Å². The van der Waals surface area contributed by atoms with Crippen molar-refractivity contribution in [3.05, 3.63) is 76.9 Å². The average molecular weight is 570 g/mol. The lowest BCUT2D eigenvalue weighted by molar-refractivity contribution is -0.143. The number of hydrogen-bond donors (Lipinski definition) is 2. The van der Waals surface area contributed by atoms with Crippen molar-refractivity contribution >= 4 is 25.0 Å². The topological polar surface area (TPSA) is 96.3 Å². The Morgan fingerprint density at radius 3 is 2.50 bits per heavy atom. The summed E-state index contributed by atoms with van der Waals surface area (Å²) in [6, 6.07) is 16.7. The van der Waals surface area contributed by atoms with Gasteiger partial charge < -0.3 is 19.5 Å². The first-order valence-corrected chi connectivity index (χ1v) is 15.5. The van der Waals surface area contributed by atoms with Gasteiger partial charge in [-0.1, -0.05) is 61.2 Å². The summed E-state index contributed by atoms with van der Waals surface area (Å²) in [7, 11) is -0.994. The number of ether oxygens (including phenoxy) is 1. The van der Waals surface area contributed by atoms with Crippen LogP contribution in [0.15, 0.2) is 71.3 Å². The van der Waals surface area contributed by atoms with E-state index in [2.05, 4.69) is 13.0 Å². The minimum atomic E-state index is -0.994. The molecule has 6 rings (SSSR count). The molecule has 7 nitrogen and oxygen atoms in total. The number of phenolic OH excluding ortho intramolecular Hbond substituents is 1. The summed E-state index contributed by atoms with van der Waals surface area (Å²) in [5, 5.41) is 20.5. The van der Waals surface area contributed by atoms with Crippen LogP contribution in [0.25, 0.3) is 6.08 Å². The highest BCUT2D eigenvalue weighted by molar-refractivity contribution is 6.43. The third kappa shape index (κ3) is 5.93. The minimum Gasteiger partial charge on any atom is -0.508 e. The molecule has 0 unspecified atom stereocenters. The van der Waals surface area contributed by atoms with Gasteiger partial charge in [0.2, 0.25) is 11.8 Å². The van der Waals surface area contributed by atoms with Crippen LogP contribution in [0, 0.1) is 17.8 Å². The molecule has 42 heavy (non-hydrogen) atoms. The van der Waals surface area contributed by atoms with E-state index in [1.165, 1.54) is 0 Å². The molecule has 2 amide bonds. The van der Waals surface area contributed by atoms with Gasteiger partial charge >= 0.3 is 7.12 Å². The van der Waals surface area contributed by atoms with Crippen LogP contribution in [0.1, 0.15) is 63.9 Å². The van der Waals surface area contributed by atoms with Crippen LogP contribution in [0.2, 0.25) is 6.32 Å². The van der Waals surface area contributed by atoms with Crippen molar-refractivity contribution in [2.45, 2.75) is 76.8 Å². The van der Waals surface area contributed by atoms with Gasteiger partial charge in [-0.05, 0) is 92.2 Å². The molecule has 4 atom stereocenters. The Labute approximate surface area is 248 Å². The minimum absolute atomic E-state index is 0.00920. The van der Waals surface area contributed by atoms with Crippen molar-refractivity contribution in [2.75, 3.05) is 6.61 Å². The third-order valence-corrected chi connectivity index (χ3v) is 9.55. The molecule has 220 valence electrons. The smallest absolute Gasteiger partial charge is 0.455 e. The highest BCUT2D eigenvalue weighted by atomic mass is 16.5. The van der Waals surface area contributed by atoms with Crippen molar-refractivity contribution in [3.63, 3.8) is 0 Å². The van der Waals surface area contributed by atoms with Crippen molar-refractivity contribution in [1.82, 2.24) is 4.90 Å². The number of nitrogens with zero attached hydrogens (tertiary/aromatic N) is 1. The summed E-state index contributed by atoms with van der Waals surface area (Å²) < 4.78 is 12.4.